The zero-order valence-electron chi connectivity index (χ0n) is 22.2. The number of para-hydroxylation sites is 1. The van der Waals surface area contributed by atoms with Crippen LogP contribution in [0.25, 0.3) is 21.7 Å². The predicted molar refractivity (Wildman–Crippen MR) is 153 cm³/mol. The molecule has 1 fully saturated rings. The van der Waals surface area contributed by atoms with Crippen LogP contribution < -0.4 is 11.1 Å². The van der Waals surface area contributed by atoms with Gasteiger partial charge in [0.05, 0.1) is 12.6 Å². The Labute approximate surface area is 223 Å². The second kappa shape index (κ2) is 11.4. The van der Waals surface area contributed by atoms with Crippen molar-refractivity contribution >= 4 is 39.2 Å². The van der Waals surface area contributed by atoms with Crippen molar-refractivity contribution in [3.8, 4) is 0 Å². The van der Waals surface area contributed by atoms with E-state index < -0.39 is 6.04 Å². The molecule has 0 radical (unpaired) electrons. The van der Waals surface area contributed by atoms with Gasteiger partial charge in [0.2, 0.25) is 5.91 Å². The van der Waals surface area contributed by atoms with Gasteiger partial charge in [0.25, 0.3) is 0 Å². The zero-order valence-corrected chi connectivity index (χ0v) is 22.2. The maximum absolute atomic E-state index is 13.6. The highest BCUT2D eigenvalue weighted by Gasteiger charge is 2.28. The van der Waals surface area contributed by atoms with Crippen LogP contribution in [-0.4, -0.2) is 51.2 Å². The van der Waals surface area contributed by atoms with Gasteiger partial charge in [-0.1, -0.05) is 42.8 Å². The molecular weight excluding hydrogens is 474 g/mol. The molecule has 2 aromatic carbocycles. The van der Waals surface area contributed by atoms with Crippen LogP contribution in [0.15, 0.2) is 60.9 Å². The number of nitrogen functional groups attached to an aromatic ring is 1. The highest BCUT2D eigenvalue weighted by atomic mass is 16.2. The van der Waals surface area contributed by atoms with E-state index in [1.807, 2.05) is 42.6 Å². The van der Waals surface area contributed by atoms with E-state index in [4.69, 9.17) is 5.73 Å². The summed E-state index contributed by atoms with van der Waals surface area (Å²) in [5.41, 5.74) is 9.11. The molecular formula is C31H37N5O2. The molecule has 3 atom stereocenters. The van der Waals surface area contributed by atoms with Crippen LogP contribution in [0.4, 0.5) is 5.82 Å². The fourth-order valence-electron chi connectivity index (χ4n) is 5.81. The number of anilines is 1. The largest absolute Gasteiger partial charge is 0.383 e. The fourth-order valence-corrected chi connectivity index (χ4v) is 5.81. The molecule has 0 bridgehead atoms. The third-order valence-electron chi connectivity index (χ3n) is 8.04. The van der Waals surface area contributed by atoms with Gasteiger partial charge in [-0.2, -0.15) is 0 Å². The minimum Gasteiger partial charge on any atom is -0.383 e. The van der Waals surface area contributed by atoms with Crippen LogP contribution in [-0.2, 0) is 22.4 Å². The number of ketones is 1. The first-order chi connectivity index (χ1) is 18.4. The number of likely N-dealkylation sites (tertiary alicyclic amines) is 1. The molecule has 4 N–H and O–H groups in total. The van der Waals surface area contributed by atoms with E-state index in [9.17, 15) is 9.59 Å². The number of carbonyl (C=O) groups excluding carboxylic acids is 2. The Morgan fingerprint density at radius 1 is 1.11 bits per heavy atom. The number of benzene rings is 2. The van der Waals surface area contributed by atoms with Crippen molar-refractivity contribution in [2.45, 2.75) is 70.5 Å². The zero-order chi connectivity index (χ0) is 26.6. The molecule has 0 spiro atoms. The molecule has 2 aromatic heterocycles. The van der Waals surface area contributed by atoms with Crippen molar-refractivity contribution in [2.75, 3.05) is 12.3 Å². The van der Waals surface area contributed by atoms with E-state index in [0.29, 0.717) is 43.7 Å². The summed E-state index contributed by atoms with van der Waals surface area (Å²) >= 11 is 0. The average molecular weight is 512 g/mol. The summed E-state index contributed by atoms with van der Waals surface area (Å²) in [6.07, 6.45) is 8.44. The quantitative estimate of drug-likeness (QED) is 0.300. The lowest BCUT2D eigenvalue weighted by Gasteiger charge is -2.38. The van der Waals surface area contributed by atoms with E-state index in [0.717, 1.165) is 45.6 Å². The number of hydrogen-bond donors (Lipinski definition) is 3. The van der Waals surface area contributed by atoms with Gasteiger partial charge in [0.1, 0.15) is 5.82 Å². The van der Waals surface area contributed by atoms with Crippen LogP contribution in [0.2, 0.25) is 0 Å². The number of aromatic nitrogens is 2. The van der Waals surface area contributed by atoms with Gasteiger partial charge < -0.3 is 16.0 Å². The average Bonchev–Trinajstić information content (AvgIpc) is 3.32. The summed E-state index contributed by atoms with van der Waals surface area (Å²) in [6.45, 7) is 4.69. The lowest BCUT2D eigenvalue weighted by Crippen LogP contribution is -2.51. The highest BCUT2D eigenvalue weighted by Crippen LogP contribution is 2.24. The summed E-state index contributed by atoms with van der Waals surface area (Å²) in [7, 11) is 0. The smallest absolute Gasteiger partial charge is 0.234 e. The monoisotopic (exact) mass is 511 g/mol. The number of pyridine rings is 1. The number of rotatable bonds is 9. The first-order valence-electron chi connectivity index (χ1n) is 13.6. The Bertz CT molecular complexity index is 1430. The first kappa shape index (κ1) is 25.9. The number of nitrogens with two attached hydrogens (primary N) is 1. The third kappa shape index (κ3) is 5.73. The number of aryl methyl sites for hydroxylation is 1. The standard InChI is InChI=1S/C31H37N5O2/c1-20-6-5-7-21(2)36(20)19-30(38)35-28(17-24-18-34-27-9-4-3-8-25(24)27)29(37)13-11-22-10-12-26-23(16-22)14-15-33-31(26)32/h3-4,8-10,12,14-16,18,20-21,28,34H,5-7,11,13,17,19H2,1-2H3,(H2,32,33)(H,35,38)/t20-,21+,28-/m0/s1. The molecule has 1 saturated heterocycles. The second-order valence-corrected chi connectivity index (χ2v) is 10.7. The van der Waals surface area contributed by atoms with Gasteiger partial charge in [0, 0.05) is 53.6 Å². The summed E-state index contributed by atoms with van der Waals surface area (Å²) in [5, 5.41) is 6.12. The number of fused-ring (bicyclic) bond motifs is 2. The van der Waals surface area contributed by atoms with Crippen LogP contribution in [0.3, 0.4) is 0 Å². The summed E-state index contributed by atoms with van der Waals surface area (Å²) in [6, 6.07) is 16.2. The van der Waals surface area contributed by atoms with Gasteiger partial charge in [-0.3, -0.25) is 14.5 Å². The van der Waals surface area contributed by atoms with Crippen molar-refractivity contribution in [2.24, 2.45) is 0 Å². The lowest BCUT2D eigenvalue weighted by molar-refractivity contribution is -0.129. The van der Waals surface area contributed by atoms with Gasteiger partial charge in [-0.15, -0.1) is 0 Å². The Hall–Kier alpha value is -3.71. The molecule has 1 aliphatic rings. The van der Waals surface area contributed by atoms with Crippen LogP contribution in [0.1, 0.15) is 50.7 Å². The Balaban J connectivity index is 1.31. The number of nitrogens with one attached hydrogen (secondary N) is 2. The normalized spacial score (nSPS) is 19.0. The molecule has 7 heteroatoms. The number of nitrogens with zero attached hydrogens (tertiary/aromatic N) is 2. The number of H-pyrrole nitrogens is 1. The fraction of sp³-hybridized carbons (Fsp3) is 0.387. The lowest BCUT2D eigenvalue weighted by atomic mass is 9.96. The van der Waals surface area contributed by atoms with E-state index in [-0.39, 0.29) is 11.7 Å². The number of piperidine rings is 1. The van der Waals surface area contributed by atoms with Crippen LogP contribution in [0.5, 0.6) is 0 Å². The first-order valence-corrected chi connectivity index (χ1v) is 13.6. The summed E-state index contributed by atoms with van der Waals surface area (Å²) in [5.74, 6) is 0.458. The van der Waals surface area contributed by atoms with Crippen molar-refractivity contribution < 1.29 is 9.59 Å². The Morgan fingerprint density at radius 2 is 1.89 bits per heavy atom. The van der Waals surface area contributed by atoms with Crippen LogP contribution >= 0.6 is 0 Å². The minimum atomic E-state index is -0.586. The second-order valence-electron chi connectivity index (χ2n) is 10.7. The molecule has 5 rings (SSSR count). The SMILES string of the molecule is C[C@@H]1CCC[C@H](C)N1CC(=O)N[C@@H](Cc1c[nH]c2ccccc12)C(=O)CCc1ccc2c(N)nccc2c1. The van der Waals surface area contributed by atoms with Crippen LogP contribution in [0, 0.1) is 0 Å². The molecule has 1 amide bonds. The molecule has 3 heterocycles. The molecule has 1 aliphatic heterocycles. The molecule has 4 aromatic rings. The van der Waals surface area contributed by atoms with E-state index in [1.165, 1.54) is 6.42 Å². The Kier molecular flexibility index (Phi) is 7.74. The van der Waals surface area contributed by atoms with Gasteiger partial charge in [0.15, 0.2) is 5.78 Å². The summed E-state index contributed by atoms with van der Waals surface area (Å²) < 4.78 is 0. The third-order valence-corrected chi connectivity index (χ3v) is 8.04. The van der Waals surface area contributed by atoms with E-state index in [2.05, 4.69) is 46.2 Å². The molecule has 7 nitrogen and oxygen atoms in total. The van der Waals surface area contributed by atoms with Gasteiger partial charge in [-0.05, 0) is 61.8 Å². The number of amides is 1. The molecule has 0 aliphatic carbocycles. The minimum absolute atomic E-state index is 0.0395. The summed E-state index contributed by atoms with van der Waals surface area (Å²) in [4.78, 5) is 36.5. The molecule has 198 valence electrons. The number of carbonyl (C=O) groups is 2. The molecule has 0 unspecified atom stereocenters. The number of Topliss-reactive ketones (excluding diaryl/α,β-unsaturated/α-hetero) is 1. The van der Waals surface area contributed by atoms with Crippen molar-refractivity contribution in [3.05, 3.63) is 72.1 Å². The van der Waals surface area contributed by atoms with Gasteiger partial charge in [-0.25, -0.2) is 4.98 Å². The van der Waals surface area contributed by atoms with E-state index in [1.54, 1.807) is 6.20 Å². The van der Waals surface area contributed by atoms with E-state index >= 15 is 0 Å². The molecule has 0 saturated carbocycles. The topological polar surface area (TPSA) is 104 Å². The predicted octanol–water partition coefficient (Wildman–Crippen LogP) is 4.79. The van der Waals surface area contributed by atoms with Crippen molar-refractivity contribution in [1.82, 2.24) is 20.2 Å². The van der Waals surface area contributed by atoms with Crippen molar-refractivity contribution in [3.63, 3.8) is 0 Å². The van der Waals surface area contributed by atoms with Gasteiger partial charge >= 0.3 is 0 Å². The van der Waals surface area contributed by atoms with Crippen molar-refractivity contribution in [1.29, 1.82) is 0 Å². The maximum Gasteiger partial charge on any atom is 0.234 e. The maximum atomic E-state index is 13.6. The molecule has 38 heavy (non-hydrogen) atoms. The Morgan fingerprint density at radius 3 is 2.71 bits per heavy atom. The highest BCUT2D eigenvalue weighted by molar-refractivity contribution is 5.92. The number of hydrogen-bond acceptors (Lipinski definition) is 5. The number of aromatic amines is 1.